The van der Waals surface area contributed by atoms with Gasteiger partial charge in [-0.1, -0.05) is 0 Å². The van der Waals surface area contributed by atoms with E-state index >= 15 is 0 Å². The molecule has 0 bridgehead atoms. The van der Waals surface area contributed by atoms with Crippen molar-refractivity contribution in [3.63, 3.8) is 0 Å². The monoisotopic (exact) mass is 395 g/mol. The summed E-state index contributed by atoms with van der Waals surface area (Å²) in [5, 5.41) is 8.12. The minimum atomic E-state index is -1.11. The Labute approximate surface area is 167 Å². The zero-order valence-electron chi connectivity index (χ0n) is 16.1. The molecule has 3 N–H and O–H groups in total. The van der Waals surface area contributed by atoms with Crippen LogP contribution in [-0.4, -0.2) is 30.8 Å². The van der Waals surface area contributed by atoms with Crippen LogP contribution >= 0.6 is 0 Å². The first-order chi connectivity index (χ1) is 13.8. The predicted molar refractivity (Wildman–Crippen MR) is 107 cm³/mol. The molecule has 1 aliphatic rings. The van der Waals surface area contributed by atoms with Gasteiger partial charge in [0.25, 0.3) is 0 Å². The van der Waals surface area contributed by atoms with Gasteiger partial charge in [-0.15, -0.1) is 0 Å². The lowest BCUT2D eigenvalue weighted by molar-refractivity contribution is -0.131. The summed E-state index contributed by atoms with van der Waals surface area (Å²) >= 11 is 0. The Morgan fingerprint density at radius 2 is 1.17 bits per heavy atom. The van der Waals surface area contributed by atoms with Crippen LogP contribution in [-0.2, 0) is 19.1 Å². The van der Waals surface area contributed by atoms with E-state index in [0.29, 0.717) is 35.5 Å². The van der Waals surface area contributed by atoms with E-state index in [1.54, 1.807) is 36.4 Å². The van der Waals surface area contributed by atoms with Crippen LogP contribution in [0.4, 0.5) is 17.1 Å². The third-order valence-electron chi connectivity index (χ3n) is 4.65. The summed E-state index contributed by atoms with van der Waals surface area (Å²) in [4.78, 5) is 47.9. The number of rotatable bonds is 6. The molecule has 150 valence electrons. The van der Waals surface area contributed by atoms with Crippen molar-refractivity contribution in [3.05, 3.63) is 54.1 Å². The van der Waals surface area contributed by atoms with Gasteiger partial charge in [0, 0.05) is 24.0 Å². The van der Waals surface area contributed by atoms with E-state index in [1.807, 2.05) is 0 Å². The van der Waals surface area contributed by atoms with Crippen LogP contribution in [0.15, 0.2) is 48.5 Å². The van der Waals surface area contributed by atoms with Crippen molar-refractivity contribution in [1.82, 2.24) is 0 Å². The molecule has 0 unspecified atom stereocenters. The molecule has 2 aromatic rings. The van der Waals surface area contributed by atoms with E-state index in [0.717, 1.165) is 0 Å². The fourth-order valence-corrected chi connectivity index (χ4v) is 2.83. The van der Waals surface area contributed by atoms with Crippen molar-refractivity contribution >= 4 is 40.8 Å². The lowest BCUT2D eigenvalue weighted by Gasteiger charge is -2.16. The molecule has 3 rings (SSSR count). The summed E-state index contributed by atoms with van der Waals surface area (Å²) in [7, 11) is 1.29. The van der Waals surface area contributed by atoms with Gasteiger partial charge in [0.2, 0.25) is 17.7 Å². The van der Waals surface area contributed by atoms with E-state index in [-0.39, 0.29) is 11.8 Å². The molecule has 1 saturated carbocycles. The summed E-state index contributed by atoms with van der Waals surface area (Å²) in [5.41, 5.74) is 0.890. The maximum Gasteiger partial charge on any atom is 0.337 e. The maximum atomic E-state index is 12.7. The summed E-state index contributed by atoms with van der Waals surface area (Å²) < 4.78 is 4.64. The van der Waals surface area contributed by atoms with E-state index in [9.17, 15) is 19.2 Å². The fraction of sp³-hybridized carbons (Fsp3) is 0.238. The highest BCUT2D eigenvalue weighted by Gasteiger charge is 2.56. The summed E-state index contributed by atoms with van der Waals surface area (Å²) in [5.74, 6) is -1.43. The zero-order chi connectivity index (χ0) is 21.0. The lowest BCUT2D eigenvalue weighted by atomic mass is 10.0. The van der Waals surface area contributed by atoms with Gasteiger partial charge in [-0.05, 0) is 61.4 Å². The molecule has 0 aromatic heterocycles. The molecule has 8 heteroatoms. The second kappa shape index (κ2) is 8.14. The first-order valence-electron chi connectivity index (χ1n) is 9.03. The van der Waals surface area contributed by atoms with Gasteiger partial charge in [-0.2, -0.15) is 0 Å². The average molecular weight is 395 g/mol. The third-order valence-corrected chi connectivity index (χ3v) is 4.65. The Bertz CT molecular complexity index is 947. The van der Waals surface area contributed by atoms with Crippen LogP contribution in [0.5, 0.6) is 0 Å². The Balaban J connectivity index is 1.62. The van der Waals surface area contributed by atoms with Gasteiger partial charge in [0.05, 0.1) is 12.7 Å². The minimum Gasteiger partial charge on any atom is -0.465 e. The molecule has 0 saturated heterocycles. The van der Waals surface area contributed by atoms with Crippen LogP contribution < -0.4 is 16.0 Å². The normalized spacial score (nSPS) is 13.7. The summed E-state index contributed by atoms with van der Waals surface area (Å²) in [6, 6.07) is 12.9. The van der Waals surface area contributed by atoms with E-state index in [2.05, 4.69) is 20.7 Å². The number of carbonyl (C=O) groups is 4. The molecule has 1 fully saturated rings. The molecule has 8 nitrogen and oxygen atoms in total. The molecule has 0 aliphatic heterocycles. The van der Waals surface area contributed by atoms with Crippen LogP contribution in [0.2, 0.25) is 0 Å². The number of methoxy groups -OCH3 is 1. The highest BCUT2D eigenvalue weighted by Crippen LogP contribution is 2.47. The Morgan fingerprint density at radius 1 is 0.759 bits per heavy atom. The highest BCUT2D eigenvalue weighted by atomic mass is 16.5. The lowest BCUT2D eigenvalue weighted by Crippen LogP contribution is -2.35. The SMILES string of the molecule is COC(=O)c1ccc(NC(=O)C2(C(=O)Nc3ccc(NC(C)=O)cc3)CC2)cc1. The van der Waals surface area contributed by atoms with Crippen LogP contribution in [0.1, 0.15) is 30.1 Å². The number of hydrogen-bond acceptors (Lipinski definition) is 5. The van der Waals surface area contributed by atoms with Crippen molar-refractivity contribution in [2.24, 2.45) is 5.41 Å². The van der Waals surface area contributed by atoms with E-state index in [1.165, 1.54) is 26.2 Å². The maximum absolute atomic E-state index is 12.7. The van der Waals surface area contributed by atoms with Crippen molar-refractivity contribution in [3.8, 4) is 0 Å². The topological polar surface area (TPSA) is 114 Å². The van der Waals surface area contributed by atoms with Gasteiger partial charge in [0.15, 0.2) is 0 Å². The quantitative estimate of drug-likeness (QED) is 0.514. The number of amides is 3. The molecular weight excluding hydrogens is 374 g/mol. The fourth-order valence-electron chi connectivity index (χ4n) is 2.83. The average Bonchev–Trinajstić information content (AvgIpc) is 3.51. The predicted octanol–water partition coefficient (Wildman–Crippen LogP) is 2.79. The third kappa shape index (κ3) is 4.60. The van der Waals surface area contributed by atoms with Gasteiger partial charge >= 0.3 is 5.97 Å². The van der Waals surface area contributed by atoms with Crippen LogP contribution in [0, 0.1) is 5.41 Å². The van der Waals surface area contributed by atoms with Crippen LogP contribution in [0.25, 0.3) is 0 Å². The van der Waals surface area contributed by atoms with E-state index < -0.39 is 17.3 Å². The number of benzene rings is 2. The number of esters is 1. The van der Waals surface area contributed by atoms with Gasteiger partial charge in [-0.25, -0.2) is 4.79 Å². The van der Waals surface area contributed by atoms with Crippen molar-refractivity contribution in [2.45, 2.75) is 19.8 Å². The second-order valence-electron chi connectivity index (χ2n) is 6.82. The Morgan fingerprint density at radius 3 is 1.55 bits per heavy atom. The molecule has 0 atom stereocenters. The molecule has 0 radical (unpaired) electrons. The second-order valence-corrected chi connectivity index (χ2v) is 6.82. The summed E-state index contributed by atoms with van der Waals surface area (Å²) in [6.07, 6.45) is 0.907. The highest BCUT2D eigenvalue weighted by molar-refractivity contribution is 6.17. The van der Waals surface area contributed by atoms with Crippen LogP contribution in [0.3, 0.4) is 0 Å². The number of anilines is 3. The zero-order valence-corrected chi connectivity index (χ0v) is 16.1. The molecule has 0 spiro atoms. The largest absolute Gasteiger partial charge is 0.465 e. The van der Waals surface area contributed by atoms with E-state index in [4.69, 9.17) is 0 Å². The van der Waals surface area contributed by atoms with Crippen molar-refractivity contribution in [2.75, 3.05) is 23.1 Å². The molecular formula is C21H21N3O5. The van der Waals surface area contributed by atoms with Crippen molar-refractivity contribution < 1.29 is 23.9 Å². The Hall–Kier alpha value is -3.68. The number of ether oxygens (including phenoxy) is 1. The Kier molecular flexibility index (Phi) is 5.63. The molecule has 2 aromatic carbocycles. The molecule has 1 aliphatic carbocycles. The van der Waals surface area contributed by atoms with Gasteiger partial charge in [-0.3, -0.25) is 14.4 Å². The minimum absolute atomic E-state index is 0.185. The standard InChI is InChI=1S/C21H21N3O5/c1-13(25)22-15-7-9-17(10-8-15)24-20(28)21(11-12-21)19(27)23-16-5-3-14(4-6-16)18(26)29-2/h3-10H,11-12H2,1-2H3,(H,22,25)(H,23,27)(H,24,28). The smallest absolute Gasteiger partial charge is 0.337 e. The van der Waals surface area contributed by atoms with Gasteiger partial charge < -0.3 is 20.7 Å². The first-order valence-corrected chi connectivity index (χ1v) is 9.03. The molecule has 29 heavy (non-hydrogen) atoms. The first kappa shape index (κ1) is 20.1. The number of hydrogen-bond donors (Lipinski definition) is 3. The molecule has 0 heterocycles. The number of nitrogens with one attached hydrogen (secondary N) is 3. The summed E-state index contributed by atoms with van der Waals surface area (Å²) in [6.45, 7) is 1.41. The van der Waals surface area contributed by atoms with Crippen molar-refractivity contribution in [1.29, 1.82) is 0 Å². The number of carbonyl (C=O) groups excluding carboxylic acids is 4. The molecule has 3 amide bonds. The van der Waals surface area contributed by atoms with Gasteiger partial charge in [0.1, 0.15) is 5.41 Å².